The Morgan fingerprint density at radius 1 is 1.06 bits per heavy atom. The normalized spacial score (nSPS) is 14.7. The quantitative estimate of drug-likeness (QED) is 0.533. The molecule has 2 heterocycles. The van der Waals surface area contributed by atoms with Crippen molar-refractivity contribution in [3.63, 3.8) is 0 Å². The maximum Gasteiger partial charge on any atom is 0.335 e. The minimum absolute atomic E-state index is 0.111. The molecule has 33 heavy (non-hydrogen) atoms. The Labute approximate surface area is 191 Å². The largest absolute Gasteiger partial charge is 0.478 e. The number of carboxylic acid groups (broad SMARTS) is 1. The number of hydrogen-bond donors (Lipinski definition) is 2. The number of aromatic nitrogens is 1. The minimum Gasteiger partial charge on any atom is -0.478 e. The topological polar surface area (TPSA) is 109 Å². The number of hydrogen-bond acceptors (Lipinski definition) is 5. The lowest BCUT2D eigenvalue weighted by Gasteiger charge is -2.12. The average Bonchev–Trinajstić information content (AvgIpc) is 3.35. The summed E-state index contributed by atoms with van der Waals surface area (Å²) in [5.74, 6) is -2.74. The molecule has 3 aromatic rings. The number of anilines is 1. The maximum atomic E-state index is 13.0. The summed E-state index contributed by atoms with van der Waals surface area (Å²) in [7, 11) is 0. The van der Waals surface area contributed by atoms with Crippen LogP contribution in [0, 0.1) is 5.82 Å². The molecule has 2 aromatic carbocycles. The Morgan fingerprint density at radius 3 is 2.55 bits per heavy atom. The zero-order chi connectivity index (χ0) is 23.5. The molecule has 0 saturated carbocycles. The van der Waals surface area contributed by atoms with E-state index in [1.165, 1.54) is 42.5 Å². The second-order valence-corrected chi connectivity index (χ2v) is 7.97. The molecule has 0 bridgehead atoms. The molecule has 1 aliphatic rings. The molecule has 1 fully saturated rings. The van der Waals surface area contributed by atoms with Crippen molar-refractivity contribution in [1.82, 2.24) is 9.47 Å². The first-order valence-electron chi connectivity index (χ1n) is 9.64. The van der Waals surface area contributed by atoms with Crippen LogP contribution in [-0.2, 0) is 9.59 Å². The van der Waals surface area contributed by atoms with E-state index in [1.54, 1.807) is 35.0 Å². The third kappa shape index (κ3) is 4.85. The Hall–Kier alpha value is -4.18. The van der Waals surface area contributed by atoms with Gasteiger partial charge in [-0.3, -0.25) is 19.3 Å². The van der Waals surface area contributed by atoms with Crippen molar-refractivity contribution < 1.29 is 28.7 Å². The van der Waals surface area contributed by atoms with Gasteiger partial charge in [-0.25, -0.2) is 9.18 Å². The highest BCUT2D eigenvalue weighted by atomic mass is 32.2. The lowest BCUT2D eigenvalue weighted by molar-refractivity contribution is -0.127. The van der Waals surface area contributed by atoms with Gasteiger partial charge in [-0.2, -0.15) is 0 Å². The Balaban J connectivity index is 1.51. The number of thioether (sulfide) groups is 1. The molecule has 4 rings (SSSR count). The molecular formula is C23H16FN3O5S. The number of halogens is 1. The Morgan fingerprint density at radius 2 is 1.82 bits per heavy atom. The summed E-state index contributed by atoms with van der Waals surface area (Å²) in [4.78, 5) is 49.6. The smallest absolute Gasteiger partial charge is 0.335 e. The molecule has 10 heteroatoms. The number of carbonyl (C=O) groups excluding carboxylic acids is 3. The van der Waals surface area contributed by atoms with Crippen LogP contribution in [-0.4, -0.2) is 44.1 Å². The molecule has 8 nitrogen and oxygen atoms in total. The number of rotatable bonds is 6. The van der Waals surface area contributed by atoms with Crippen LogP contribution in [0.1, 0.15) is 16.1 Å². The maximum absolute atomic E-state index is 13.0. The van der Waals surface area contributed by atoms with Crippen LogP contribution in [0.3, 0.4) is 0 Å². The van der Waals surface area contributed by atoms with Gasteiger partial charge in [0.25, 0.3) is 11.1 Å². The molecule has 166 valence electrons. The average molecular weight is 465 g/mol. The summed E-state index contributed by atoms with van der Waals surface area (Å²) in [6.45, 7) is -0.485. The highest BCUT2D eigenvalue weighted by Crippen LogP contribution is 2.32. The lowest BCUT2D eigenvalue weighted by Crippen LogP contribution is -2.36. The third-order valence-corrected chi connectivity index (χ3v) is 5.64. The van der Waals surface area contributed by atoms with Gasteiger partial charge in [0.05, 0.1) is 10.5 Å². The van der Waals surface area contributed by atoms with E-state index in [0.717, 1.165) is 4.90 Å². The van der Waals surface area contributed by atoms with Gasteiger partial charge in [0.15, 0.2) is 0 Å². The van der Waals surface area contributed by atoms with Crippen LogP contribution in [0.2, 0.25) is 0 Å². The lowest BCUT2D eigenvalue weighted by atomic mass is 10.2. The molecule has 0 atom stereocenters. The zero-order valence-electron chi connectivity index (χ0n) is 16.9. The molecule has 1 saturated heterocycles. The van der Waals surface area contributed by atoms with Crippen molar-refractivity contribution in [2.75, 3.05) is 11.9 Å². The number of nitrogens with one attached hydrogen (secondary N) is 1. The van der Waals surface area contributed by atoms with Crippen LogP contribution >= 0.6 is 11.8 Å². The predicted molar refractivity (Wildman–Crippen MR) is 120 cm³/mol. The third-order valence-electron chi connectivity index (χ3n) is 4.73. The molecule has 2 N–H and O–H groups in total. The fourth-order valence-corrected chi connectivity index (χ4v) is 4.01. The summed E-state index contributed by atoms with van der Waals surface area (Å²) in [6, 6.07) is 14.8. The Bertz CT molecular complexity index is 1300. The second-order valence-electron chi connectivity index (χ2n) is 6.98. The summed E-state index contributed by atoms with van der Waals surface area (Å²) in [5.41, 5.74) is 1.58. The first-order valence-corrected chi connectivity index (χ1v) is 10.5. The molecular weight excluding hydrogens is 449 g/mol. The summed E-state index contributed by atoms with van der Waals surface area (Å²) in [5, 5.41) is 11.1. The summed E-state index contributed by atoms with van der Waals surface area (Å²) < 4.78 is 14.7. The van der Waals surface area contributed by atoms with Crippen molar-refractivity contribution in [3.8, 4) is 5.69 Å². The van der Waals surface area contributed by atoms with Gasteiger partial charge in [0.1, 0.15) is 12.4 Å². The van der Waals surface area contributed by atoms with E-state index in [-0.39, 0.29) is 10.5 Å². The van der Waals surface area contributed by atoms with Crippen LogP contribution in [0.25, 0.3) is 11.8 Å². The minimum atomic E-state index is -1.06. The van der Waals surface area contributed by atoms with E-state index >= 15 is 0 Å². The van der Waals surface area contributed by atoms with E-state index < -0.39 is 35.4 Å². The van der Waals surface area contributed by atoms with Crippen molar-refractivity contribution in [2.45, 2.75) is 0 Å². The van der Waals surface area contributed by atoms with E-state index in [0.29, 0.717) is 28.8 Å². The van der Waals surface area contributed by atoms with Gasteiger partial charge in [0, 0.05) is 23.3 Å². The van der Waals surface area contributed by atoms with Crippen LogP contribution in [0.4, 0.5) is 14.9 Å². The van der Waals surface area contributed by atoms with E-state index in [4.69, 9.17) is 0 Å². The molecule has 0 unspecified atom stereocenters. The second kappa shape index (κ2) is 9.13. The first kappa shape index (κ1) is 22.0. The summed E-state index contributed by atoms with van der Waals surface area (Å²) in [6.07, 6.45) is 3.21. The van der Waals surface area contributed by atoms with Crippen LogP contribution in [0.15, 0.2) is 71.8 Å². The fourth-order valence-electron chi connectivity index (χ4n) is 3.18. The van der Waals surface area contributed by atoms with Crippen LogP contribution in [0.5, 0.6) is 0 Å². The molecule has 0 aliphatic carbocycles. The van der Waals surface area contributed by atoms with Gasteiger partial charge < -0.3 is 15.0 Å². The SMILES string of the molecule is O=C(CN1C(=O)S/C(=C/c2cccn2-c2cccc(C(=O)O)c2)C1=O)Nc1ccc(F)cc1. The van der Waals surface area contributed by atoms with Crippen molar-refractivity contribution in [2.24, 2.45) is 0 Å². The summed E-state index contributed by atoms with van der Waals surface area (Å²) >= 11 is 0.704. The molecule has 3 amide bonds. The van der Waals surface area contributed by atoms with Crippen LogP contribution < -0.4 is 5.32 Å². The van der Waals surface area contributed by atoms with E-state index in [1.807, 2.05) is 0 Å². The highest BCUT2D eigenvalue weighted by molar-refractivity contribution is 8.18. The Kier molecular flexibility index (Phi) is 6.09. The van der Waals surface area contributed by atoms with Gasteiger partial charge in [-0.05, 0) is 72.4 Å². The first-order chi connectivity index (χ1) is 15.8. The number of aromatic carboxylic acids is 1. The molecule has 1 aliphatic heterocycles. The van der Waals surface area contributed by atoms with Gasteiger partial charge in [0.2, 0.25) is 5.91 Å². The predicted octanol–water partition coefficient (Wildman–Crippen LogP) is 3.99. The molecule has 0 radical (unpaired) electrons. The van der Waals surface area contributed by atoms with Gasteiger partial charge >= 0.3 is 5.97 Å². The standard InChI is InChI=1S/C23H16FN3O5S/c24-15-6-8-16(9-7-15)25-20(28)13-27-21(29)19(33-23(27)32)12-18-5-2-10-26(18)17-4-1-3-14(11-17)22(30)31/h1-12H,13H2,(H,25,28)(H,30,31)/b19-12+. The number of carbonyl (C=O) groups is 4. The number of amides is 3. The number of carboxylic acids is 1. The van der Waals surface area contributed by atoms with Gasteiger partial charge in [-0.1, -0.05) is 6.07 Å². The number of benzene rings is 2. The molecule has 0 spiro atoms. The monoisotopic (exact) mass is 465 g/mol. The molecule has 1 aromatic heterocycles. The number of imide groups is 1. The number of nitrogens with zero attached hydrogens (tertiary/aromatic N) is 2. The fraction of sp³-hybridized carbons (Fsp3) is 0.0435. The van der Waals surface area contributed by atoms with E-state index in [9.17, 15) is 28.7 Å². The van der Waals surface area contributed by atoms with E-state index in [2.05, 4.69) is 5.32 Å². The van der Waals surface area contributed by atoms with Gasteiger partial charge in [-0.15, -0.1) is 0 Å². The van der Waals surface area contributed by atoms with Crippen molar-refractivity contribution >= 4 is 46.5 Å². The highest BCUT2D eigenvalue weighted by Gasteiger charge is 2.36. The zero-order valence-corrected chi connectivity index (χ0v) is 17.7. The van der Waals surface area contributed by atoms with Crippen molar-refractivity contribution in [1.29, 1.82) is 0 Å². The van der Waals surface area contributed by atoms with Crippen molar-refractivity contribution in [3.05, 3.63) is 88.8 Å².